The average Bonchev–Trinajstić information content (AvgIpc) is 3.13. The number of aromatic nitrogens is 1. The number of nitrogens with zero attached hydrogens (tertiary/aromatic N) is 2. The second kappa shape index (κ2) is 8.08. The number of nitrogens with one attached hydrogen (secondary N) is 1. The maximum Gasteiger partial charge on any atom is 0.220 e. The van der Waals surface area contributed by atoms with E-state index >= 15 is 0 Å². The third kappa shape index (κ3) is 4.53. The highest BCUT2D eigenvalue weighted by Crippen LogP contribution is 2.18. The molecule has 2 aromatic heterocycles. The lowest BCUT2D eigenvalue weighted by Crippen LogP contribution is -2.37. The predicted octanol–water partition coefficient (Wildman–Crippen LogP) is 2.23. The zero-order valence-corrected chi connectivity index (χ0v) is 13.8. The molecule has 0 spiro atoms. The molecule has 1 saturated heterocycles. The van der Waals surface area contributed by atoms with Gasteiger partial charge in [-0.1, -0.05) is 6.07 Å². The van der Waals surface area contributed by atoms with E-state index in [0.29, 0.717) is 13.0 Å². The lowest BCUT2D eigenvalue weighted by molar-refractivity contribution is -0.121. The van der Waals surface area contributed by atoms with Crippen molar-refractivity contribution >= 4 is 23.1 Å². The van der Waals surface area contributed by atoms with Crippen molar-refractivity contribution in [3.63, 3.8) is 0 Å². The van der Waals surface area contributed by atoms with Crippen LogP contribution in [0, 0.1) is 0 Å². The van der Waals surface area contributed by atoms with E-state index in [4.69, 9.17) is 4.74 Å². The first-order valence-corrected chi connectivity index (χ1v) is 8.81. The van der Waals surface area contributed by atoms with E-state index in [1.165, 1.54) is 5.56 Å². The van der Waals surface area contributed by atoms with E-state index < -0.39 is 0 Å². The maximum atomic E-state index is 12.0. The van der Waals surface area contributed by atoms with Gasteiger partial charge in [0.15, 0.2) is 0 Å². The van der Waals surface area contributed by atoms with Crippen LogP contribution in [0.15, 0.2) is 35.2 Å². The largest absolute Gasteiger partial charge is 0.378 e. The summed E-state index contributed by atoms with van der Waals surface area (Å²) in [6, 6.07) is 6.00. The van der Waals surface area contributed by atoms with Crippen LogP contribution in [0.3, 0.4) is 0 Å². The van der Waals surface area contributed by atoms with Gasteiger partial charge in [-0.3, -0.25) is 4.79 Å². The maximum absolute atomic E-state index is 12.0. The number of thiophene rings is 1. The monoisotopic (exact) mass is 331 g/mol. The number of hydrogen-bond acceptors (Lipinski definition) is 5. The van der Waals surface area contributed by atoms with Crippen molar-refractivity contribution in [2.75, 3.05) is 31.2 Å². The van der Waals surface area contributed by atoms with Crippen molar-refractivity contribution in [2.45, 2.75) is 19.4 Å². The van der Waals surface area contributed by atoms with Gasteiger partial charge in [0.2, 0.25) is 5.91 Å². The lowest BCUT2D eigenvalue weighted by atomic mass is 10.2. The molecular weight excluding hydrogens is 310 g/mol. The normalized spacial score (nSPS) is 14.7. The summed E-state index contributed by atoms with van der Waals surface area (Å²) in [7, 11) is 0. The highest BCUT2D eigenvalue weighted by molar-refractivity contribution is 7.07. The molecule has 2 aromatic rings. The zero-order chi connectivity index (χ0) is 15.9. The molecule has 1 N–H and O–H groups in total. The predicted molar refractivity (Wildman–Crippen MR) is 91.8 cm³/mol. The summed E-state index contributed by atoms with van der Waals surface area (Å²) in [6.07, 6.45) is 3.11. The fourth-order valence-corrected chi connectivity index (χ4v) is 3.31. The molecule has 0 saturated carbocycles. The fraction of sp³-hybridized carbons (Fsp3) is 0.412. The van der Waals surface area contributed by atoms with Gasteiger partial charge in [-0.25, -0.2) is 4.98 Å². The Bertz CT molecular complexity index is 625. The van der Waals surface area contributed by atoms with Gasteiger partial charge in [0, 0.05) is 37.8 Å². The molecule has 1 aliphatic heterocycles. The van der Waals surface area contributed by atoms with Crippen LogP contribution in [0.4, 0.5) is 5.82 Å². The second-order valence-electron chi connectivity index (χ2n) is 5.49. The van der Waals surface area contributed by atoms with Crippen molar-refractivity contribution in [2.24, 2.45) is 0 Å². The lowest BCUT2D eigenvalue weighted by Gasteiger charge is -2.29. The van der Waals surface area contributed by atoms with Gasteiger partial charge in [-0.05, 0) is 34.9 Å². The molecule has 122 valence electrons. The number of ether oxygens (including phenoxy) is 1. The van der Waals surface area contributed by atoms with Crippen molar-refractivity contribution < 1.29 is 9.53 Å². The third-order valence-corrected chi connectivity index (χ3v) is 4.61. The summed E-state index contributed by atoms with van der Waals surface area (Å²) in [5, 5.41) is 7.13. The van der Waals surface area contributed by atoms with Crippen LogP contribution in [0.1, 0.15) is 17.5 Å². The molecule has 0 radical (unpaired) electrons. The minimum Gasteiger partial charge on any atom is -0.378 e. The van der Waals surface area contributed by atoms with Gasteiger partial charge >= 0.3 is 0 Å². The average molecular weight is 331 g/mol. The van der Waals surface area contributed by atoms with E-state index in [9.17, 15) is 4.79 Å². The van der Waals surface area contributed by atoms with Crippen LogP contribution < -0.4 is 10.2 Å². The van der Waals surface area contributed by atoms with Crippen molar-refractivity contribution in [1.82, 2.24) is 10.3 Å². The van der Waals surface area contributed by atoms with Crippen LogP contribution >= 0.6 is 11.3 Å². The molecule has 1 amide bonds. The van der Waals surface area contributed by atoms with Gasteiger partial charge in [-0.15, -0.1) is 0 Å². The molecule has 0 atom stereocenters. The summed E-state index contributed by atoms with van der Waals surface area (Å²) in [4.78, 5) is 18.7. The second-order valence-corrected chi connectivity index (χ2v) is 6.27. The van der Waals surface area contributed by atoms with Gasteiger partial charge in [-0.2, -0.15) is 11.3 Å². The Balaban J connectivity index is 1.54. The van der Waals surface area contributed by atoms with Gasteiger partial charge in [0.25, 0.3) is 0 Å². The van der Waals surface area contributed by atoms with Crippen molar-refractivity contribution in [3.8, 4) is 0 Å². The quantitative estimate of drug-likeness (QED) is 0.882. The molecule has 23 heavy (non-hydrogen) atoms. The highest BCUT2D eigenvalue weighted by atomic mass is 32.1. The number of rotatable bonds is 6. The van der Waals surface area contributed by atoms with Crippen molar-refractivity contribution in [3.05, 3.63) is 46.3 Å². The van der Waals surface area contributed by atoms with Gasteiger partial charge < -0.3 is 15.0 Å². The first kappa shape index (κ1) is 16.0. The van der Waals surface area contributed by atoms with E-state index in [0.717, 1.165) is 44.1 Å². The molecule has 3 rings (SSSR count). The minimum atomic E-state index is 0.0768. The van der Waals surface area contributed by atoms with Crippen LogP contribution in [0.25, 0.3) is 0 Å². The Morgan fingerprint density at radius 1 is 1.35 bits per heavy atom. The minimum absolute atomic E-state index is 0.0768. The smallest absolute Gasteiger partial charge is 0.220 e. The summed E-state index contributed by atoms with van der Waals surface area (Å²) >= 11 is 1.66. The number of pyridine rings is 1. The number of carbonyl (C=O) groups excluding carboxylic acids is 1. The van der Waals surface area contributed by atoms with Gasteiger partial charge in [0.1, 0.15) is 5.82 Å². The highest BCUT2D eigenvalue weighted by Gasteiger charge is 2.16. The van der Waals surface area contributed by atoms with Crippen LogP contribution in [-0.2, 0) is 22.5 Å². The molecule has 5 nitrogen and oxygen atoms in total. The fourth-order valence-electron chi connectivity index (χ4n) is 2.60. The van der Waals surface area contributed by atoms with Crippen LogP contribution in [0.5, 0.6) is 0 Å². The Labute approximate surface area is 140 Å². The molecule has 0 bridgehead atoms. The van der Waals surface area contributed by atoms with Gasteiger partial charge in [0.05, 0.1) is 13.2 Å². The summed E-state index contributed by atoms with van der Waals surface area (Å²) in [5.41, 5.74) is 2.28. The number of anilines is 1. The molecule has 3 heterocycles. The Morgan fingerprint density at radius 2 is 2.22 bits per heavy atom. The number of amides is 1. The van der Waals surface area contributed by atoms with E-state index in [2.05, 4.69) is 26.6 Å². The van der Waals surface area contributed by atoms with Crippen LogP contribution in [0.2, 0.25) is 0 Å². The number of aryl methyl sites for hydroxylation is 1. The van der Waals surface area contributed by atoms with Crippen LogP contribution in [-0.4, -0.2) is 37.2 Å². The molecule has 0 aliphatic carbocycles. The Hall–Kier alpha value is -1.92. The van der Waals surface area contributed by atoms with E-state index in [1.807, 2.05) is 17.5 Å². The third-order valence-electron chi connectivity index (χ3n) is 3.87. The SMILES string of the molecule is O=C(CCc1ccsc1)NCc1cccnc1N1CCOCC1. The Kier molecular flexibility index (Phi) is 5.60. The molecule has 6 heteroatoms. The zero-order valence-electron chi connectivity index (χ0n) is 13.0. The standard InChI is InChI=1S/C17H21N3O2S/c21-16(4-3-14-5-11-23-13-14)19-12-15-2-1-6-18-17(15)20-7-9-22-10-8-20/h1-2,5-6,11,13H,3-4,7-10,12H2,(H,19,21). The summed E-state index contributed by atoms with van der Waals surface area (Å²) in [5.74, 6) is 1.03. The van der Waals surface area contributed by atoms with E-state index in [1.54, 1.807) is 17.5 Å². The number of hydrogen-bond donors (Lipinski definition) is 1. The first-order chi connectivity index (χ1) is 11.3. The topological polar surface area (TPSA) is 54.5 Å². The molecule has 0 aromatic carbocycles. The number of morpholine rings is 1. The Morgan fingerprint density at radius 3 is 3.00 bits per heavy atom. The van der Waals surface area contributed by atoms with E-state index in [-0.39, 0.29) is 5.91 Å². The summed E-state index contributed by atoms with van der Waals surface area (Å²) < 4.78 is 5.39. The first-order valence-electron chi connectivity index (χ1n) is 7.87. The molecule has 1 aliphatic rings. The number of carbonyl (C=O) groups is 1. The summed E-state index contributed by atoms with van der Waals surface area (Å²) in [6.45, 7) is 3.65. The van der Waals surface area contributed by atoms with Crippen molar-refractivity contribution in [1.29, 1.82) is 0 Å². The molecule has 0 unspecified atom stereocenters. The molecular formula is C17H21N3O2S. The molecule has 1 fully saturated rings.